The highest BCUT2D eigenvalue weighted by Gasteiger charge is 2.17. The van der Waals surface area contributed by atoms with Crippen molar-refractivity contribution < 1.29 is 14.7 Å². The molecule has 0 radical (unpaired) electrons. The summed E-state index contributed by atoms with van der Waals surface area (Å²) >= 11 is 0. The Bertz CT molecular complexity index is 456. The molecule has 0 saturated carbocycles. The van der Waals surface area contributed by atoms with E-state index in [0.717, 1.165) is 25.7 Å². The average molecular weight is 281 g/mol. The Balaban J connectivity index is 2.53. The molecule has 112 valence electrons. The van der Waals surface area contributed by atoms with Gasteiger partial charge in [-0.25, -0.2) is 4.79 Å². The fraction of sp³-hybridized carbons (Fsp3) is 0.643. The van der Waals surface area contributed by atoms with Crippen LogP contribution in [0.3, 0.4) is 0 Å². The smallest absolute Gasteiger partial charge is 0.328 e. The molecule has 0 bridgehead atoms. The molecular weight excluding hydrogens is 258 g/mol. The van der Waals surface area contributed by atoms with Gasteiger partial charge < -0.3 is 10.4 Å². The average Bonchev–Trinajstić information content (AvgIpc) is 2.87. The summed E-state index contributed by atoms with van der Waals surface area (Å²) in [5.41, 5.74) is 0.250. The molecule has 2 atom stereocenters. The molecule has 2 N–H and O–H groups in total. The third-order valence-electron chi connectivity index (χ3n) is 3.21. The number of nitrogens with zero attached hydrogens (tertiary/aromatic N) is 2. The van der Waals surface area contributed by atoms with E-state index in [1.165, 1.54) is 23.9 Å². The third-order valence-corrected chi connectivity index (χ3v) is 3.21. The van der Waals surface area contributed by atoms with Crippen LogP contribution in [0.4, 0.5) is 0 Å². The molecule has 6 heteroatoms. The van der Waals surface area contributed by atoms with Crippen molar-refractivity contribution in [2.75, 3.05) is 0 Å². The van der Waals surface area contributed by atoms with Crippen LogP contribution in [0, 0.1) is 0 Å². The molecular formula is C14H23N3O3. The van der Waals surface area contributed by atoms with Crippen LogP contribution >= 0.6 is 0 Å². The Morgan fingerprint density at radius 2 is 2.10 bits per heavy atom. The summed E-state index contributed by atoms with van der Waals surface area (Å²) < 4.78 is 1.28. The molecule has 0 aliphatic heterocycles. The van der Waals surface area contributed by atoms with E-state index in [9.17, 15) is 9.59 Å². The Morgan fingerprint density at radius 3 is 2.70 bits per heavy atom. The minimum absolute atomic E-state index is 0.0936. The summed E-state index contributed by atoms with van der Waals surface area (Å²) in [6.45, 7) is 5.62. The highest BCUT2D eigenvalue weighted by atomic mass is 16.4. The van der Waals surface area contributed by atoms with Crippen molar-refractivity contribution in [3.8, 4) is 0 Å². The fourth-order valence-corrected chi connectivity index (χ4v) is 1.86. The number of hydrogen-bond donors (Lipinski definition) is 2. The molecule has 1 amide bonds. The van der Waals surface area contributed by atoms with Gasteiger partial charge in [-0.2, -0.15) is 5.10 Å². The van der Waals surface area contributed by atoms with Gasteiger partial charge in [0.2, 0.25) is 0 Å². The number of amides is 1. The Hall–Kier alpha value is -1.85. The molecule has 0 saturated heterocycles. The topological polar surface area (TPSA) is 84.2 Å². The first kappa shape index (κ1) is 16.2. The van der Waals surface area contributed by atoms with Crippen molar-refractivity contribution in [1.82, 2.24) is 15.1 Å². The number of aromatic nitrogens is 2. The lowest BCUT2D eigenvalue weighted by molar-refractivity contribution is -0.140. The Kier molecular flexibility index (Phi) is 6.21. The molecule has 0 aromatic carbocycles. The predicted molar refractivity (Wildman–Crippen MR) is 75.6 cm³/mol. The zero-order valence-electron chi connectivity index (χ0n) is 12.3. The second kappa shape index (κ2) is 7.67. The fourth-order valence-electron chi connectivity index (χ4n) is 1.86. The number of aliphatic carboxylic acids is 1. The number of nitrogens with one attached hydrogen (secondary N) is 1. The number of carboxylic acids is 1. The van der Waals surface area contributed by atoms with E-state index in [4.69, 9.17) is 5.11 Å². The van der Waals surface area contributed by atoms with E-state index in [1.54, 1.807) is 0 Å². The van der Waals surface area contributed by atoms with Crippen LogP contribution in [0.25, 0.3) is 0 Å². The molecule has 20 heavy (non-hydrogen) atoms. The zero-order chi connectivity index (χ0) is 15.1. The van der Waals surface area contributed by atoms with Gasteiger partial charge in [-0.05, 0) is 26.3 Å². The van der Waals surface area contributed by atoms with Crippen LogP contribution in [0.15, 0.2) is 12.3 Å². The standard InChI is InChI=1S/C14H23N3O3/c1-4-5-6-7-10(2)15-13(18)12-8-9-17(16-12)11(3)14(19)20/h8-11H,4-7H2,1-3H3,(H,15,18)(H,19,20). The number of carbonyl (C=O) groups is 2. The lowest BCUT2D eigenvalue weighted by Crippen LogP contribution is -2.33. The number of hydrogen-bond acceptors (Lipinski definition) is 3. The highest BCUT2D eigenvalue weighted by molar-refractivity contribution is 5.92. The van der Waals surface area contributed by atoms with Gasteiger partial charge in [-0.15, -0.1) is 0 Å². The van der Waals surface area contributed by atoms with Gasteiger partial charge in [-0.1, -0.05) is 26.2 Å². The lowest BCUT2D eigenvalue weighted by atomic mass is 10.1. The van der Waals surface area contributed by atoms with E-state index >= 15 is 0 Å². The van der Waals surface area contributed by atoms with Crippen molar-refractivity contribution in [2.45, 2.75) is 58.5 Å². The quantitative estimate of drug-likeness (QED) is 0.716. The molecule has 1 heterocycles. The number of carbonyl (C=O) groups excluding carboxylic acids is 1. The molecule has 2 unspecified atom stereocenters. The van der Waals surface area contributed by atoms with Gasteiger partial charge in [0.15, 0.2) is 0 Å². The first-order valence-electron chi connectivity index (χ1n) is 7.04. The van der Waals surface area contributed by atoms with Gasteiger partial charge in [0, 0.05) is 12.2 Å². The number of carboxylic acid groups (broad SMARTS) is 1. The maximum Gasteiger partial charge on any atom is 0.328 e. The summed E-state index contributed by atoms with van der Waals surface area (Å²) in [6, 6.07) is 0.850. The lowest BCUT2D eigenvalue weighted by Gasteiger charge is -2.12. The largest absolute Gasteiger partial charge is 0.480 e. The SMILES string of the molecule is CCCCCC(C)NC(=O)c1ccn(C(C)C(=O)O)n1. The highest BCUT2D eigenvalue weighted by Crippen LogP contribution is 2.07. The van der Waals surface area contributed by atoms with Crippen LogP contribution in [0.5, 0.6) is 0 Å². The van der Waals surface area contributed by atoms with Crippen LogP contribution in [0.1, 0.15) is 63.0 Å². The van der Waals surface area contributed by atoms with Crippen molar-refractivity contribution in [2.24, 2.45) is 0 Å². The van der Waals surface area contributed by atoms with Crippen LogP contribution in [-0.2, 0) is 4.79 Å². The normalized spacial score (nSPS) is 13.8. The summed E-state index contributed by atoms with van der Waals surface area (Å²) in [6.07, 6.45) is 5.84. The minimum atomic E-state index is -0.979. The molecule has 6 nitrogen and oxygen atoms in total. The van der Waals surface area contributed by atoms with Crippen LogP contribution in [0.2, 0.25) is 0 Å². The second-order valence-electron chi connectivity index (χ2n) is 5.07. The summed E-state index contributed by atoms with van der Waals surface area (Å²) in [7, 11) is 0. The van der Waals surface area contributed by atoms with E-state index in [-0.39, 0.29) is 17.6 Å². The maximum atomic E-state index is 12.0. The first-order valence-corrected chi connectivity index (χ1v) is 7.04. The molecule has 0 spiro atoms. The molecule has 1 aromatic heterocycles. The first-order chi connectivity index (χ1) is 9.45. The molecule has 1 aromatic rings. The second-order valence-corrected chi connectivity index (χ2v) is 5.07. The molecule has 0 aliphatic carbocycles. The Labute approximate surface area is 119 Å². The van der Waals surface area contributed by atoms with E-state index in [1.807, 2.05) is 6.92 Å². The molecule has 1 rings (SSSR count). The predicted octanol–water partition coefficient (Wildman–Crippen LogP) is 2.23. The molecule has 0 aliphatic rings. The molecule has 0 fully saturated rings. The summed E-state index contributed by atoms with van der Waals surface area (Å²) in [4.78, 5) is 22.8. The van der Waals surface area contributed by atoms with Crippen molar-refractivity contribution >= 4 is 11.9 Å². The zero-order valence-corrected chi connectivity index (χ0v) is 12.3. The summed E-state index contributed by atoms with van der Waals surface area (Å²) in [5.74, 6) is -1.24. The minimum Gasteiger partial charge on any atom is -0.480 e. The van der Waals surface area contributed by atoms with Gasteiger partial charge in [-0.3, -0.25) is 9.48 Å². The van der Waals surface area contributed by atoms with Crippen LogP contribution in [-0.4, -0.2) is 32.8 Å². The third kappa shape index (κ3) is 4.68. The van der Waals surface area contributed by atoms with Gasteiger partial charge in [0.25, 0.3) is 5.91 Å². The number of unbranched alkanes of at least 4 members (excludes halogenated alkanes) is 2. The van der Waals surface area contributed by atoms with Crippen molar-refractivity contribution in [1.29, 1.82) is 0 Å². The van der Waals surface area contributed by atoms with Gasteiger partial charge in [0.05, 0.1) is 0 Å². The monoisotopic (exact) mass is 281 g/mol. The van der Waals surface area contributed by atoms with Crippen molar-refractivity contribution in [3.05, 3.63) is 18.0 Å². The number of rotatable bonds is 8. The Morgan fingerprint density at radius 1 is 1.40 bits per heavy atom. The van der Waals surface area contributed by atoms with E-state index in [0.29, 0.717) is 0 Å². The van der Waals surface area contributed by atoms with Crippen molar-refractivity contribution in [3.63, 3.8) is 0 Å². The van der Waals surface area contributed by atoms with E-state index in [2.05, 4.69) is 17.3 Å². The summed E-state index contributed by atoms with van der Waals surface area (Å²) in [5, 5.41) is 15.8. The van der Waals surface area contributed by atoms with E-state index < -0.39 is 12.0 Å². The van der Waals surface area contributed by atoms with Crippen LogP contribution < -0.4 is 5.32 Å². The van der Waals surface area contributed by atoms with Gasteiger partial charge >= 0.3 is 5.97 Å². The maximum absolute atomic E-state index is 12.0. The van der Waals surface area contributed by atoms with Gasteiger partial charge in [0.1, 0.15) is 11.7 Å².